The second-order valence-corrected chi connectivity index (χ2v) is 7.54. The first kappa shape index (κ1) is 21.3. The first-order chi connectivity index (χ1) is 15.5. The predicted octanol–water partition coefficient (Wildman–Crippen LogP) is 4.15. The smallest absolute Gasteiger partial charge is 0.339 e. The van der Waals surface area contributed by atoms with E-state index in [9.17, 15) is 9.59 Å². The molecule has 0 saturated carbocycles. The molecule has 0 saturated heterocycles. The van der Waals surface area contributed by atoms with Crippen LogP contribution in [0.1, 0.15) is 17.3 Å². The molecule has 2 heterocycles. The van der Waals surface area contributed by atoms with E-state index in [1.54, 1.807) is 43.9 Å². The molecule has 32 heavy (non-hydrogen) atoms. The van der Waals surface area contributed by atoms with Gasteiger partial charge in [-0.25, -0.2) is 14.8 Å². The molecule has 4 aromatic rings. The average molecular weight is 453 g/mol. The van der Waals surface area contributed by atoms with Gasteiger partial charge >= 0.3 is 5.97 Å². The molecule has 1 atom stereocenters. The van der Waals surface area contributed by atoms with E-state index in [4.69, 9.17) is 18.6 Å². The van der Waals surface area contributed by atoms with Crippen molar-refractivity contribution >= 4 is 39.4 Å². The molecule has 0 aliphatic rings. The highest BCUT2D eigenvalue weighted by atomic mass is 32.1. The van der Waals surface area contributed by atoms with Gasteiger partial charge < -0.3 is 18.6 Å². The van der Waals surface area contributed by atoms with Crippen molar-refractivity contribution in [2.45, 2.75) is 13.0 Å². The van der Waals surface area contributed by atoms with Gasteiger partial charge in [0.25, 0.3) is 5.91 Å². The van der Waals surface area contributed by atoms with Crippen LogP contribution in [-0.4, -0.2) is 42.2 Å². The molecule has 2 aromatic heterocycles. The number of nitrogens with one attached hydrogen (secondary N) is 1. The highest BCUT2D eigenvalue weighted by molar-refractivity contribution is 7.14. The van der Waals surface area contributed by atoms with E-state index in [0.717, 1.165) is 5.56 Å². The normalized spacial score (nSPS) is 11.7. The number of esters is 1. The molecule has 0 radical (unpaired) electrons. The maximum atomic E-state index is 12.5. The number of fused-ring (bicyclic) bond motifs is 1. The van der Waals surface area contributed by atoms with Gasteiger partial charge in [0.2, 0.25) is 0 Å². The van der Waals surface area contributed by atoms with Crippen LogP contribution in [0, 0.1) is 0 Å². The third-order valence-corrected chi connectivity index (χ3v) is 5.39. The lowest BCUT2D eigenvalue weighted by molar-refractivity contribution is -0.123. The van der Waals surface area contributed by atoms with E-state index >= 15 is 0 Å². The summed E-state index contributed by atoms with van der Waals surface area (Å²) in [6.45, 7) is 1.49. The summed E-state index contributed by atoms with van der Waals surface area (Å²) in [5, 5.41) is 4.86. The van der Waals surface area contributed by atoms with Crippen molar-refractivity contribution in [1.29, 1.82) is 0 Å². The van der Waals surface area contributed by atoms with Gasteiger partial charge in [0.05, 0.1) is 25.5 Å². The SMILES string of the molecule is COc1ccc(-c2csc(NC(=O)C(C)OC(=O)c3ccc4ncoc4c3)n2)cc1OC. The van der Waals surface area contributed by atoms with Crippen LogP contribution < -0.4 is 14.8 Å². The molecule has 9 nitrogen and oxygen atoms in total. The summed E-state index contributed by atoms with van der Waals surface area (Å²) < 4.78 is 21.0. The largest absolute Gasteiger partial charge is 0.493 e. The van der Waals surface area contributed by atoms with Crippen LogP contribution >= 0.6 is 11.3 Å². The van der Waals surface area contributed by atoms with Crippen molar-refractivity contribution in [3.8, 4) is 22.8 Å². The van der Waals surface area contributed by atoms with Crippen LogP contribution in [0.5, 0.6) is 11.5 Å². The Labute approximate surface area is 187 Å². The monoisotopic (exact) mass is 453 g/mol. The fraction of sp³-hybridized carbons (Fsp3) is 0.182. The maximum absolute atomic E-state index is 12.5. The minimum absolute atomic E-state index is 0.263. The summed E-state index contributed by atoms with van der Waals surface area (Å²) in [5.74, 6) is 0.0501. The summed E-state index contributed by atoms with van der Waals surface area (Å²) in [6.07, 6.45) is 0.265. The summed E-state index contributed by atoms with van der Waals surface area (Å²) in [5.41, 5.74) is 2.82. The number of ether oxygens (including phenoxy) is 3. The van der Waals surface area contributed by atoms with E-state index in [1.807, 2.05) is 6.07 Å². The van der Waals surface area contributed by atoms with Crippen LogP contribution in [-0.2, 0) is 9.53 Å². The summed E-state index contributed by atoms with van der Waals surface area (Å²) >= 11 is 1.26. The molecular formula is C22H19N3O6S. The zero-order chi connectivity index (χ0) is 22.7. The topological polar surface area (TPSA) is 113 Å². The molecule has 4 rings (SSSR count). The van der Waals surface area contributed by atoms with Gasteiger partial charge in [0.1, 0.15) is 5.52 Å². The molecule has 1 N–H and O–H groups in total. The Morgan fingerprint density at radius 3 is 2.69 bits per heavy atom. The zero-order valence-electron chi connectivity index (χ0n) is 17.4. The van der Waals surface area contributed by atoms with E-state index in [0.29, 0.717) is 33.4 Å². The van der Waals surface area contributed by atoms with Crippen molar-refractivity contribution in [3.05, 3.63) is 53.7 Å². The fourth-order valence-corrected chi connectivity index (χ4v) is 3.65. The highest BCUT2D eigenvalue weighted by Gasteiger charge is 2.21. The van der Waals surface area contributed by atoms with E-state index in [2.05, 4.69) is 15.3 Å². The Hall–Kier alpha value is -3.92. The predicted molar refractivity (Wildman–Crippen MR) is 118 cm³/mol. The Balaban J connectivity index is 1.40. The first-order valence-corrected chi connectivity index (χ1v) is 10.4. The number of carbonyl (C=O) groups excluding carboxylic acids is 2. The van der Waals surface area contributed by atoms with Gasteiger partial charge in [-0.05, 0) is 43.3 Å². The molecule has 0 aliphatic heterocycles. The van der Waals surface area contributed by atoms with Gasteiger partial charge in [-0.3, -0.25) is 10.1 Å². The summed E-state index contributed by atoms with van der Waals surface area (Å²) in [7, 11) is 3.12. The third-order valence-electron chi connectivity index (χ3n) is 4.63. The molecule has 0 spiro atoms. The second-order valence-electron chi connectivity index (χ2n) is 6.68. The van der Waals surface area contributed by atoms with Crippen molar-refractivity contribution in [3.63, 3.8) is 0 Å². The van der Waals surface area contributed by atoms with Crippen molar-refractivity contribution < 1.29 is 28.2 Å². The second kappa shape index (κ2) is 9.06. The number of oxazole rings is 1. The standard InChI is InChI=1S/C22H19N3O6S/c1-12(31-21(27)14-4-6-15-18(9-14)30-11-23-15)20(26)25-22-24-16(10-32-22)13-5-7-17(28-2)19(8-13)29-3/h4-12H,1-3H3,(H,24,25,26). The summed E-state index contributed by atoms with van der Waals surface area (Å²) in [4.78, 5) is 33.3. The Morgan fingerprint density at radius 2 is 1.91 bits per heavy atom. The zero-order valence-corrected chi connectivity index (χ0v) is 18.3. The quantitative estimate of drug-likeness (QED) is 0.415. The Morgan fingerprint density at radius 1 is 1.09 bits per heavy atom. The summed E-state index contributed by atoms with van der Waals surface area (Å²) in [6, 6.07) is 10.2. The molecule has 164 valence electrons. The number of rotatable bonds is 7. The maximum Gasteiger partial charge on any atom is 0.339 e. The Kier molecular flexibility index (Phi) is 6.04. The lowest BCUT2D eigenvalue weighted by atomic mass is 10.1. The number of thiazole rings is 1. The molecule has 0 fully saturated rings. The van der Waals surface area contributed by atoms with Crippen molar-refractivity contribution in [1.82, 2.24) is 9.97 Å². The number of aromatic nitrogens is 2. The lowest BCUT2D eigenvalue weighted by Crippen LogP contribution is -2.29. The van der Waals surface area contributed by atoms with Crippen LogP contribution in [0.4, 0.5) is 5.13 Å². The van der Waals surface area contributed by atoms with Gasteiger partial charge in [0, 0.05) is 10.9 Å². The number of amides is 1. The number of benzene rings is 2. The van der Waals surface area contributed by atoms with Gasteiger partial charge in [-0.2, -0.15) is 0 Å². The van der Waals surface area contributed by atoms with Crippen LogP contribution in [0.15, 0.2) is 52.6 Å². The van der Waals surface area contributed by atoms with Crippen molar-refractivity contribution in [2.24, 2.45) is 0 Å². The fourth-order valence-electron chi connectivity index (χ4n) is 2.93. The number of nitrogens with zero attached hydrogens (tertiary/aromatic N) is 2. The third kappa shape index (κ3) is 4.40. The van der Waals surface area contributed by atoms with Gasteiger partial charge in [-0.1, -0.05) is 0 Å². The molecule has 0 bridgehead atoms. The molecule has 1 amide bonds. The number of methoxy groups -OCH3 is 2. The van der Waals surface area contributed by atoms with E-state index in [1.165, 1.54) is 30.7 Å². The number of hydrogen-bond donors (Lipinski definition) is 1. The van der Waals surface area contributed by atoms with Crippen LogP contribution in [0.25, 0.3) is 22.4 Å². The number of hydrogen-bond acceptors (Lipinski definition) is 9. The molecule has 10 heteroatoms. The van der Waals surface area contributed by atoms with E-state index in [-0.39, 0.29) is 5.56 Å². The number of anilines is 1. The highest BCUT2D eigenvalue weighted by Crippen LogP contribution is 2.33. The molecule has 1 unspecified atom stereocenters. The molecule has 2 aromatic carbocycles. The molecule has 0 aliphatic carbocycles. The van der Waals surface area contributed by atoms with Crippen molar-refractivity contribution in [2.75, 3.05) is 19.5 Å². The first-order valence-electron chi connectivity index (χ1n) is 9.51. The van der Waals surface area contributed by atoms with Gasteiger partial charge in [-0.15, -0.1) is 11.3 Å². The minimum Gasteiger partial charge on any atom is -0.493 e. The van der Waals surface area contributed by atoms with Crippen LogP contribution in [0.2, 0.25) is 0 Å². The number of carbonyl (C=O) groups is 2. The van der Waals surface area contributed by atoms with Crippen LogP contribution in [0.3, 0.4) is 0 Å². The molecular weight excluding hydrogens is 434 g/mol. The van der Waals surface area contributed by atoms with Gasteiger partial charge in [0.15, 0.2) is 34.7 Å². The minimum atomic E-state index is -1.03. The Bertz CT molecular complexity index is 1280. The lowest BCUT2D eigenvalue weighted by Gasteiger charge is -2.12. The average Bonchev–Trinajstić information content (AvgIpc) is 3.47. The van der Waals surface area contributed by atoms with E-state index < -0.39 is 18.0 Å².